The molecule has 28 heavy (non-hydrogen) atoms. The van der Waals surface area contributed by atoms with Gasteiger partial charge in [0.2, 0.25) is 0 Å². The lowest BCUT2D eigenvalue weighted by atomic mass is 9.95. The quantitative estimate of drug-likeness (QED) is 0.824. The molecule has 6 nitrogen and oxygen atoms in total. The van der Waals surface area contributed by atoms with Crippen molar-refractivity contribution in [3.05, 3.63) is 65.5 Å². The number of halogens is 2. The first-order chi connectivity index (χ1) is 13.0. The zero-order chi connectivity index (χ0) is 19.0. The molecule has 2 heterocycles. The summed E-state index contributed by atoms with van der Waals surface area (Å²) >= 11 is 0. The van der Waals surface area contributed by atoms with Crippen molar-refractivity contribution in [2.24, 2.45) is 5.73 Å². The van der Waals surface area contributed by atoms with Crippen LogP contribution in [0.1, 0.15) is 21.8 Å². The third-order valence-electron chi connectivity index (χ3n) is 5.23. The third kappa shape index (κ3) is 3.68. The van der Waals surface area contributed by atoms with E-state index in [1.165, 1.54) is 23.1 Å². The Morgan fingerprint density at radius 3 is 2.57 bits per heavy atom. The molecule has 2 aromatic carbocycles. The second-order valence-electron chi connectivity index (χ2n) is 6.94. The number of rotatable bonds is 3. The van der Waals surface area contributed by atoms with Crippen LogP contribution in [-0.4, -0.2) is 49.1 Å². The predicted molar refractivity (Wildman–Crippen MR) is 107 cm³/mol. The number of amides is 3. The number of hydrogen-bond acceptors (Lipinski definition) is 3. The number of anilines is 1. The molecule has 2 aromatic rings. The van der Waals surface area contributed by atoms with Crippen molar-refractivity contribution in [3.8, 4) is 0 Å². The number of hydrogen-bond donors (Lipinski definition) is 2. The van der Waals surface area contributed by atoms with Crippen LogP contribution in [0, 0.1) is 5.82 Å². The van der Waals surface area contributed by atoms with E-state index in [4.69, 9.17) is 5.73 Å². The molecule has 0 aromatic heterocycles. The van der Waals surface area contributed by atoms with Gasteiger partial charge in [-0.1, -0.05) is 30.3 Å². The molecule has 148 valence electrons. The standard InChI is InChI=1S/C20H21FN4O2.ClH/c21-17-7-6-14(25-9-8-23-20(25)27)10-15(17)19(26)24-11-16(18(22)12-24)13-4-2-1-3-5-13;/h1-7,10,16,18H,8-9,11-12,22H2,(H,23,27);1H/t16-,18+;/m0./s1. The Labute approximate surface area is 168 Å². The molecular formula is C20H22ClFN4O2. The van der Waals surface area contributed by atoms with Crippen LogP contribution in [0.2, 0.25) is 0 Å². The molecule has 0 aliphatic carbocycles. The zero-order valence-corrected chi connectivity index (χ0v) is 16.0. The van der Waals surface area contributed by atoms with Gasteiger partial charge in [0.25, 0.3) is 5.91 Å². The lowest BCUT2D eigenvalue weighted by molar-refractivity contribution is 0.0784. The minimum atomic E-state index is -0.597. The highest BCUT2D eigenvalue weighted by molar-refractivity contribution is 5.98. The molecule has 0 bridgehead atoms. The smallest absolute Gasteiger partial charge is 0.321 e. The average Bonchev–Trinajstić information content (AvgIpc) is 3.28. The molecule has 3 N–H and O–H groups in total. The third-order valence-corrected chi connectivity index (χ3v) is 5.23. The highest BCUT2D eigenvalue weighted by atomic mass is 35.5. The van der Waals surface area contributed by atoms with Crippen molar-refractivity contribution >= 4 is 30.0 Å². The van der Waals surface area contributed by atoms with Gasteiger partial charge in [0, 0.05) is 43.8 Å². The lowest BCUT2D eigenvalue weighted by Crippen LogP contribution is -2.33. The van der Waals surface area contributed by atoms with Crippen molar-refractivity contribution < 1.29 is 14.0 Å². The van der Waals surface area contributed by atoms with E-state index >= 15 is 0 Å². The van der Waals surface area contributed by atoms with E-state index in [-0.39, 0.29) is 36.0 Å². The van der Waals surface area contributed by atoms with E-state index in [0.29, 0.717) is 31.9 Å². The molecule has 0 spiro atoms. The highest BCUT2D eigenvalue weighted by Crippen LogP contribution is 2.29. The van der Waals surface area contributed by atoms with E-state index in [0.717, 1.165) is 5.56 Å². The van der Waals surface area contributed by atoms with Gasteiger partial charge in [-0.3, -0.25) is 9.69 Å². The van der Waals surface area contributed by atoms with Crippen LogP contribution in [0.25, 0.3) is 0 Å². The van der Waals surface area contributed by atoms with E-state index in [1.54, 1.807) is 4.90 Å². The molecule has 3 amide bonds. The Morgan fingerprint density at radius 1 is 1.14 bits per heavy atom. The number of nitrogens with two attached hydrogens (primary N) is 1. The first kappa shape index (κ1) is 20.1. The largest absolute Gasteiger partial charge is 0.336 e. The Balaban J connectivity index is 0.00000225. The molecule has 0 saturated carbocycles. The molecule has 2 atom stereocenters. The number of carbonyl (C=O) groups is 2. The maximum Gasteiger partial charge on any atom is 0.321 e. The molecule has 2 aliphatic heterocycles. The van der Waals surface area contributed by atoms with Crippen molar-refractivity contribution in [3.63, 3.8) is 0 Å². The fraction of sp³-hybridized carbons (Fsp3) is 0.300. The summed E-state index contributed by atoms with van der Waals surface area (Å²) in [4.78, 5) is 27.9. The topological polar surface area (TPSA) is 78.7 Å². The highest BCUT2D eigenvalue weighted by Gasteiger charge is 2.35. The van der Waals surface area contributed by atoms with Crippen LogP contribution >= 0.6 is 12.4 Å². The Kier molecular flexibility index (Phi) is 5.86. The van der Waals surface area contributed by atoms with Crippen LogP contribution in [0.4, 0.5) is 14.9 Å². The van der Waals surface area contributed by atoms with Crippen molar-refractivity contribution in [2.75, 3.05) is 31.1 Å². The molecule has 8 heteroatoms. The summed E-state index contributed by atoms with van der Waals surface area (Å²) in [5, 5.41) is 2.70. The maximum absolute atomic E-state index is 14.4. The normalized spacial score (nSPS) is 21.4. The van der Waals surface area contributed by atoms with Gasteiger partial charge in [0.05, 0.1) is 5.56 Å². The second kappa shape index (κ2) is 8.16. The van der Waals surface area contributed by atoms with Gasteiger partial charge in [-0.25, -0.2) is 9.18 Å². The van der Waals surface area contributed by atoms with Gasteiger partial charge < -0.3 is 16.0 Å². The van der Waals surface area contributed by atoms with Crippen LogP contribution in [0.15, 0.2) is 48.5 Å². The summed E-state index contributed by atoms with van der Waals surface area (Å²) in [5.41, 5.74) is 7.80. The van der Waals surface area contributed by atoms with E-state index in [1.807, 2.05) is 30.3 Å². The summed E-state index contributed by atoms with van der Waals surface area (Å²) in [6.45, 7) is 1.83. The number of benzene rings is 2. The Morgan fingerprint density at radius 2 is 1.89 bits per heavy atom. The van der Waals surface area contributed by atoms with Gasteiger partial charge in [-0.05, 0) is 23.8 Å². The molecule has 0 unspecified atom stereocenters. The van der Waals surface area contributed by atoms with Crippen LogP contribution in [-0.2, 0) is 0 Å². The Bertz CT molecular complexity index is 880. The second-order valence-corrected chi connectivity index (χ2v) is 6.94. The van der Waals surface area contributed by atoms with Gasteiger partial charge >= 0.3 is 6.03 Å². The minimum Gasteiger partial charge on any atom is -0.336 e. The van der Waals surface area contributed by atoms with Crippen LogP contribution in [0.3, 0.4) is 0 Å². The van der Waals surface area contributed by atoms with Crippen molar-refractivity contribution in [1.82, 2.24) is 10.2 Å². The SMILES string of the molecule is Cl.N[C@@H]1CN(C(=O)c2cc(N3CCNC3=O)ccc2F)C[C@H]1c1ccccc1. The maximum atomic E-state index is 14.4. The summed E-state index contributed by atoms with van der Waals surface area (Å²) in [5.74, 6) is -0.978. The summed E-state index contributed by atoms with van der Waals surface area (Å²) in [6.07, 6.45) is 0. The number of urea groups is 1. The van der Waals surface area contributed by atoms with Crippen molar-refractivity contribution in [1.29, 1.82) is 0 Å². The monoisotopic (exact) mass is 404 g/mol. The minimum absolute atomic E-state index is 0. The van der Waals surface area contributed by atoms with Crippen LogP contribution < -0.4 is 16.0 Å². The van der Waals surface area contributed by atoms with Gasteiger partial charge in [0.15, 0.2) is 0 Å². The van der Waals surface area contributed by atoms with E-state index < -0.39 is 11.7 Å². The molecule has 2 saturated heterocycles. The van der Waals surface area contributed by atoms with E-state index in [2.05, 4.69) is 5.32 Å². The Hall–Kier alpha value is -2.64. The number of nitrogens with zero attached hydrogens (tertiary/aromatic N) is 2. The fourth-order valence-electron chi connectivity index (χ4n) is 3.78. The lowest BCUT2D eigenvalue weighted by Gasteiger charge is -2.19. The summed E-state index contributed by atoms with van der Waals surface area (Å²) in [6, 6.07) is 13.6. The molecule has 4 rings (SSSR count). The first-order valence-electron chi connectivity index (χ1n) is 8.99. The van der Waals surface area contributed by atoms with Gasteiger partial charge in [-0.2, -0.15) is 0 Å². The van der Waals surface area contributed by atoms with E-state index in [9.17, 15) is 14.0 Å². The van der Waals surface area contributed by atoms with Crippen LogP contribution in [0.5, 0.6) is 0 Å². The average molecular weight is 405 g/mol. The molecule has 2 fully saturated rings. The number of carbonyl (C=O) groups excluding carboxylic acids is 2. The zero-order valence-electron chi connectivity index (χ0n) is 15.2. The van der Waals surface area contributed by atoms with Gasteiger partial charge in [-0.15, -0.1) is 12.4 Å². The molecule has 2 aliphatic rings. The fourth-order valence-corrected chi connectivity index (χ4v) is 3.78. The summed E-state index contributed by atoms with van der Waals surface area (Å²) < 4.78 is 14.4. The van der Waals surface area contributed by atoms with Crippen molar-refractivity contribution in [2.45, 2.75) is 12.0 Å². The first-order valence-corrected chi connectivity index (χ1v) is 8.99. The van der Waals surface area contributed by atoms with Gasteiger partial charge in [0.1, 0.15) is 5.82 Å². The molecular weight excluding hydrogens is 383 g/mol. The number of likely N-dealkylation sites (tertiary alicyclic amines) is 1. The summed E-state index contributed by atoms with van der Waals surface area (Å²) in [7, 11) is 0. The molecule has 0 radical (unpaired) electrons. The number of nitrogens with one attached hydrogen (secondary N) is 1. The predicted octanol–water partition coefficient (Wildman–Crippen LogP) is 2.34.